The first kappa shape index (κ1) is 23.7. The van der Waals surface area contributed by atoms with Crippen LogP contribution in [-0.2, 0) is 4.79 Å². The van der Waals surface area contributed by atoms with E-state index in [9.17, 15) is 4.79 Å². The molecule has 168 valence electrons. The Bertz CT molecular complexity index is 807. The molecule has 1 aromatic carbocycles. The molecule has 2 saturated carbocycles. The van der Waals surface area contributed by atoms with Crippen LogP contribution in [0.2, 0.25) is 5.02 Å². The molecule has 1 aromatic heterocycles. The van der Waals surface area contributed by atoms with Crippen LogP contribution in [0.3, 0.4) is 0 Å². The standard InChI is InChI=1S/C15H14ClNO2.C12H22/c1-2-4-14(15-5-3-10-19-15)17(11-18)13-8-6-12(16)7-9-13;1-9-4-10-6-11(5-9)8-12(2,3)7-10/h2-3,5-11,14H,1,4H2;9-11H,4-8H2,1-3H3. The molecule has 2 aromatic rings. The lowest BCUT2D eigenvalue weighted by atomic mass is 9.60. The predicted molar refractivity (Wildman–Crippen MR) is 129 cm³/mol. The molecule has 0 aliphatic heterocycles. The fourth-order valence-corrected chi connectivity index (χ4v) is 5.94. The number of carbonyl (C=O) groups excluding carboxylic acids is 1. The lowest BCUT2D eigenvalue weighted by molar-refractivity contribution is -0.108. The summed E-state index contributed by atoms with van der Waals surface area (Å²) in [6, 6.07) is 10.6. The van der Waals surface area contributed by atoms with E-state index in [1.807, 2.05) is 6.07 Å². The first-order chi connectivity index (χ1) is 14.8. The maximum absolute atomic E-state index is 11.4. The molecular formula is C27H36ClNO2. The van der Waals surface area contributed by atoms with Crippen molar-refractivity contribution in [2.24, 2.45) is 23.2 Å². The highest BCUT2D eigenvalue weighted by Crippen LogP contribution is 2.49. The van der Waals surface area contributed by atoms with Crippen molar-refractivity contribution in [1.82, 2.24) is 0 Å². The Morgan fingerprint density at radius 3 is 2.32 bits per heavy atom. The average molecular weight is 442 g/mol. The van der Waals surface area contributed by atoms with Crippen molar-refractivity contribution >= 4 is 23.7 Å². The third-order valence-corrected chi connectivity index (χ3v) is 6.91. The summed E-state index contributed by atoms with van der Waals surface area (Å²) in [5.74, 6) is 3.89. The molecule has 4 heteroatoms. The number of furan rings is 1. The molecule has 3 nitrogen and oxygen atoms in total. The normalized spacial score (nSPS) is 25.0. The molecule has 2 bridgehead atoms. The van der Waals surface area contributed by atoms with Gasteiger partial charge in [0.2, 0.25) is 6.41 Å². The second-order valence-electron chi connectivity index (χ2n) is 10.2. The van der Waals surface area contributed by atoms with Crippen molar-refractivity contribution in [3.8, 4) is 0 Å². The average Bonchev–Trinajstić information content (AvgIpc) is 3.22. The van der Waals surface area contributed by atoms with Crippen LogP contribution in [0.4, 0.5) is 5.69 Å². The smallest absolute Gasteiger partial charge is 0.214 e. The first-order valence-electron chi connectivity index (χ1n) is 11.4. The number of hydrogen-bond donors (Lipinski definition) is 0. The van der Waals surface area contributed by atoms with Crippen molar-refractivity contribution < 1.29 is 9.21 Å². The van der Waals surface area contributed by atoms with Crippen molar-refractivity contribution in [3.05, 3.63) is 66.1 Å². The van der Waals surface area contributed by atoms with E-state index in [2.05, 4.69) is 27.4 Å². The Balaban J connectivity index is 0.000000194. The summed E-state index contributed by atoms with van der Waals surface area (Å²) >= 11 is 5.86. The number of nitrogens with zero attached hydrogens (tertiary/aromatic N) is 1. The van der Waals surface area contributed by atoms with Crippen molar-refractivity contribution in [2.75, 3.05) is 4.90 Å². The van der Waals surface area contributed by atoms with E-state index < -0.39 is 0 Å². The fourth-order valence-electron chi connectivity index (χ4n) is 5.81. The number of amides is 1. The van der Waals surface area contributed by atoms with E-state index in [1.165, 1.54) is 25.7 Å². The maximum atomic E-state index is 11.4. The van der Waals surface area contributed by atoms with Gasteiger partial charge in [-0.3, -0.25) is 4.79 Å². The van der Waals surface area contributed by atoms with Gasteiger partial charge in [-0.25, -0.2) is 0 Å². The number of halogens is 1. The van der Waals surface area contributed by atoms with E-state index in [0.29, 0.717) is 16.9 Å². The number of carbonyl (C=O) groups is 1. The van der Waals surface area contributed by atoms with Crippen LogP contribution in [0.1, 0.15) is 71.1 Å². The van der Waals surface area contributed by atoms with E-state index in [1.54, 1.807) is 54.0 Å². The minimum Gasteiger partial charge on any atom is -0.467 e. The Hall–Kier alpha value is -2.00. The zero-order chi connectivity index (χ0) is 22.4. The summed E-state index contributed by atoms with van der Waals surface area (Å²) in [5, 5.41) is 0.632. The SMILES string of the molecule is C=CCC(c1ccco1)N(C=O)c1ccc(Cl)cc1.CC1CC2CC(C1)CC(C)(C)C2. The molecule has 0 saturated heterocycles. The molecule has 1 heterocycles. The van der Waals surface area contributed by atoms with Crippen LogP contribution in [0.25, 0.3) is 0 Å². The van der Waals surface area contributed by atoms with E-state index in [-0.39, 0.29) is 6.04 Å². The highest BCUT2D eigenvalue weighted by atomic mass is 35.5. The van der Waals surface area contributed by atoms with Gasteiger partial charge in [0.15, 0.2) is 0 Å². The van der Waals surface area contributed by atoms with Crippen LogP contribution in [-0.4, -0.2) is 6.41 Å². The van der Waals surface area contributed by atoms with Gasteiger partial charge in [0.25, 0.3) is 0 Å². The maximum Gasteiger partial charge on any atom is 0.214 e. The molecule has 0 N–H and O–H groups in total. The monoisotopic (exact) mass is 441 g/mol. The van der Waals surface area contributed by atoms with E-state index in [4.69, 9.17) is 16.0 Å². The van der Waals surface area contributed by atoms with Crippen LogP contribution >= 0.6 is 11.6 Å². The predicted octanol–water partition coefficient (Wildman–Crippen LogP) is 8.07. The number of fused-ring (bicyclic) bond motifs is 2. The van der Waals surface area contributed by atoms with E-state index in [0.717, 1.165) is 35.6 Å². The van der Waals surface area contributed by atoms with Crippen LogP contribution in [0.5, 0.6) is 0 Å². The summed E-state index contributed by atoms with van der Waals surface area (Å²) in [7, 11) is 0. The van der Waals surface area contributed by atoms with Gasteiger partial charge in [0, 0.05) is 10.7 Å². The van der Waals surface area contributed by atoms with Gasteiger partial charge < -0.3 is 9.32 Å². The summed E-state index contributed by atoms with van der Waals surface area (Å²) < 4.78 is 5.40. The van der Waals surface area contributed by atoms with Crippen molar-refractivity contribution in [1.29, 1.82) is 0 Å². The molecule has 2 aliphatic rings. The summed E-state index contributed by atoms with van der Waals surface area (Å²) in [4.78, 5) is 13.0. The van der Waals surface area contributed by atoms with Crippen LogP contribution in [0.15, 0.2) is 59.7 Å². The van der Waals surface area contributed by atoms with Crippen LogP contribution in [0, 0.1) is 23.2 Å². The van der Waals surface area contributed by atoms with Gasteiger partial charge >= 0.3 is 0 Å². The Labute approximate surface area is 192 Å². The summed E-state index contributed by atoms with van der Waals surface area (Å²) in [6.07, 6.45) is 12.3. The van der Waals surface area contributed by atoms with Gasteiger partial charge in [0.05, 0.1) is 12.3 Å². The van der Waals surface area contributed by atoms with Gasteiger partial charge in [0.1, 0.15) is 5.76 Å². The molecule has 3 atom stereocenters. The zero-order valence-electron chi connectivity index (χ0n) is 19.1. The first-order valence-corrected chi connectivity index (χ1v) is 11.8. The molecule has 2 fully saturated rings. The molecule has 31 heavy (non-hydrogen) atoms. The van der Waals surface area contributed by atoms with Crippen LogP contribution < -0.4 is 4.90 Å². The lowest BCUT2D eigenvalue weighted by Crippen LogP contribution is -2.34. The van der Waals surface area contributed by atoms with Crippen molar-refractivity contribution in [3.63, 3.8) is 0 Å². The highest BCUT2D eigenvalue weighted by Gasteiger charge is 2.38. The lowest BCUT2D eigenvalue weighted by Gasteiger charge is -2.45. The topological polar surface area (TPSA) is 33.5 Å². The highest BCUT2D eigenvalue weighted by molar-refractivity contribution is 6.30. The number of rotatable bonds is 6. The summed E-state index contributed by atoms with van der Waals surface area (Å²) in [6.45, 7) is 11.1. The van der Waals surface area contributed by atoms with Gasteiger partial charge in [-0.15, -0.1) is 6.58 Å². The second kappa shape index (κ2) is 10.5. The minimum atomic E-state index is -0.203. The Morgan fingerprint density at radius 2 is 1.81 bits per heavy atom. The van der Waals surface area contributed by atoms with Crippen molar-refractivity contribution in [2.45, 2.75) is 65.3 Å². The van der Waals surface area contributed by atoms with Gasteiger partial charge in [-0.05, 0) is 98.1 Å². The second-order valence-corrected chi connectivity index (χ2v) is 10.6. The molecular weight excluding hydrogens is 406 g/mol. The third kappa shape index (κ3) is 6.49. The van der Waals surface area contributed by atoms with E-state index >= 15 is 0 Å². The third-order valence-electron chi connectivity index (χ3n) is 6.66. The molecule has 3 unspecified atom stereocenters. The molecule has 1 amide bonds. The van der Waals surface area contributed by atoms with Gasteiger partial charge in [-0.2, -0.15) is 0 Å². The molecule has 4 rings (SSSR count). The summed E-state index contributed by atoms with van der Waals surface area (Å²) in [5.41, 5.74) is 1.43. The van der Waals surface area contributed by atoms with Gasteiger partial charge in [-0.1, -0.05) is 38.4 Å². The minimum absolute atomic E-state index is 0.203. The largest absolute Gasteiger partial charge is 0.467 e. The molecule has 2 aliphatic carbocycles. The molecule has 0 spiro atoms. The Kier molecular flexibility index (Phi) is 8.05. The molecule has 0 radical (unpaired) electrons. The number of benzene rings is 1. The quantitative estimate of drug-likeness (QED) is 0.335. The number of hydrogen-bond acceptors (Lipinski definition) is 2. The Morgan fingerprint density at radius 1 is 1.16 bits per heavy atom. The number of anilines is 1. The fraction of sp³-hybridized carbons (Fsp3) is 0.519. The zero-order valence-corrected chi connectivity index (χ0v) is 19.9.